The molecular formula is C28H33N9O3. The zero-order valence-electron chi connectivity index (χ0n) is 22.4. The number of anilines is 2. The number of nitrogen functional groups attached to an aromatic ring is 1. The molecule has 0 radical (unpaired) electrons. The largest absolute Gasteiger partial charge is 0.383 e. The minimum atomic E-state index is -0.346. The van der Waals surface area contributed by atoms with E-state index >= 15 is 0 Å². The van der Waals surface area contributed by atoms with Gasteiger partial charge in [0.15, 0.2) is 5.65 Å². The Kier molecular flexibility index (Phi) is 8.27. The highest BCUT2D eigenvalue weighted by molar-refractivity contribution is 6.04. The smallest absolute Gasteiger partial charge is 0.256 e. The number of nitrogens with zero attached hydrogens (tertiary/aromatic N) is 6. The van der Waals surface area contributed by atoms with E-state index in [4.69, 9.17) is 16.0 Å². The molecule has 1 atom stereocenters. The van der Waals surface area contributed by atoms with E-state index in [2.05, 4.69) is 25.2 Å². The molecule has 3 aromatic heterocycles. The van der Waals surface area contributed by atoms with Crippen LogP contribution in [-0.4, -0.2) is 66.3 Å². The number of hydroxylamine groups is 1. The molecular weight excluding hydrogens is 510 g/mol. The second-order valence-corrected chi connectivity index (χ2v) is 10.1. The molecule has 0 aliphatic carbocycles. The molecule has 1 saturated heterocycles. The van der Waals surface area contributed by atoms with E-state index in [1.54, 1.807) is 23.8 Å². The van der Waals surface area contributed by atoms with E-state index in [1.807, 2.05) is 35.9 Å². The molecule has 1 aliphatic rings. The molecule has 4 aromatic rings. The number of carbonyl (C=O) groups is 2. The molecule has 5 N–H and O–H groups in total. The fourth-order valence-corrected chi connectivity index (χ4v) is 5.09. The van der Waals surface area contributed by atoms with Crippen molar-refractivity contribution in [2.24, 2.45) is 0 Å². The van der Waals surface area contributed by atoms with Gasteiger partial charge in [0.1, 0.15) is 23.7 Å². The Labute approximate surface area is 231 Å². The predicted molar refractivity (Wildman–Crippen MR) is 151 cm³/mol. The summed E-state index contributed by atoms with van der Waals surface area (Å²) in [5.41, 5.74) is 11.7. The fourth-order valence-electron chi connectivity index (χ4n) is 5.09. The lowest BCUT2D eigenvalue weighted by atomic mass is 10.1. The summed E-state index contributed by atoms with van der Waals surface area (Å²) in [6, 6.07) is 11.1. The van der Waals surface area contributed by atoms with Crippen molar-refractivity contribution in [1.82, 2.24) is 35.1 Å². The van der Waals surface area contributed by atoms with Crippen molar-refractivity contribution in [3.05, 3.63) is 60.0 Å². The number of likely N-dealkylation sites (tertiary alicyclic amines) is 1. The van der Waals surface area contributed by atoms with E-state index in [-0.39, 0.29) is 17.9 Å². The first kappa shape index (κ1) is 27.2. The molecule has 12 nitrogen and oxygen atoms in total. The number of hydrogen-bond donors (Lipinski definition) is 4. The molecule has 2 amide bonds. The van der Waals surface area contributed by atoms with Crippen LogP contribution in [0.4, 0.5) is 11.6 Å². The van der Waals surface area contributed by atoms with Crippen LogP contribution in [-0.2, 0) is 4.79 Å². The molecule has 1 aliphatic heterocycles. The standard InChI is InChI=1S/C28H33N9O3/c1-18-10-12-30-22(15-18)33-28(39)20-8-6-19(7-9-20)25-24-26(29)31-17-32-27(24)37(34-25)21-11-14-36(16-21)13-4-2-3-5-23(38)35-40/h6-10,12,15,17,21,40H,2-5,11,13-14,16H2,1H3,(H,35,38)(H2,29,31,32)(H,30,33,39). The maximum atomic E-state index is 12.8. The normalized spacial score (nSPS) is 15.4. The quantitative estimate of drug-likeness (QED) is 0.133. The SMILES string of the molecule is Cc1ccnc(NC(=O)c2ccc(-c3nn(C4CCN(CCCCCC(=O)NO)C4)c4ncnc(N)c34)cc2)c1. The predicted octanol–water partition coefficient (Wildman–Crippen LogP) is 3.34. The molecule has 12 heteroatoms. The number of hydrogen-bond acceptors (Lipinski definition) is 9. The minimum Gasteiger partial charge on any atom is -0.383 e. The van der Waals surface area contributed by atoms with Gasteiger partial charge in [-0.05, 0) is 62.6 Å². The van der Waals surface area contributed by atoms with Gasteiger partial charge in [-0.15, -0.1) is 0 Å². The van der Waals surface area contributed by atoms with Gasteiger partial charge in [-0.2, -0.15) is 5.10 Å². The second kappa shape index (κ2) is 12.2. The van der Waals surface area contributed by atoms with E-state index in [0.29, 0.717) is 40.3 Å². The molecule has 208 valence electrons. The lowest BCUT2D eigenvalue weighted by Crippen LogP contribution is -2.23. The van der Waals surface area contributed by atoms with E-state index < -0.39 is 0 Å². The fraction of sp³-hybridized carbons (Fsp3) is 0.357. The van der Waals surface area contributed by atoms with Crippen LogP contribution in [0.1, 0.15) is 54.1 Å². The summed E-state index contributed by atoms with van der Waals surface area (Å²) < 4.78 is 1.96. The summed E-state index contributed by atoms with van der Waals surface area (Å²) in [6.07, 6.45) is 7.02. The molecule has 1 fully saturated rings. The topological polar surface area (TPSA) is 164 Å². The van der Waals surface area contributed by atoms with Gasteiger partial charge in [-0.25, -0.2) is 25.1 Å². The van der Waals surface area contributed by atoms with Crippen LogP contribution in [0.15, 0.2) is 48.9 Å². The van der Waals surface area contributed by atoms with Gasteiger partial charge in [0.25, 0.3) is 5.91 Å². The molecule has 5 rings (SSSR count). The molecule has 0 bridgehead atoms. The highest BCUT2D eigenvalue weighted by Gasteiger charge is 2.28. The highest BCUT2D eigenvalue weighted by atomic mass is 16.5. The van der Waals surface area contributed by atoms with Crippen LogP contribution in [0.5, 0.6) is 0 Å². The van der Waals surface area contributed by atoms with Gasteiger partial charge in [-0.1, -0.05) is 18.6 Å². The van der Waals surface area contributed by atoms with Crippen LogP contribution in [0.3, 0.4) is 0 Å². The number of pyridine rings is 1. The summed E-state index contributed by atoms with van der Waals surface area (Å²) in [5, 5.41) is 17.1. The van der Waals surface area contributed by atoms with Crippen molar-refractivity contribution in [3.8, 4) is 11.3 Å². The molecule has 1 aromatic carbocycles. The number of nitrogens with one attached hydrogen (secondary N) is 2. The van der Waals surface area contributed by atoms with Crippen LogP contribution in [0, 0.1) is 6.92 Å². The summed E-state index contributed by atoms with van der Waals surface area (Å²) in [5.74, 6) is 0.274. The van der Waals surface area contributed by atoms with Crippen molar-refractivity contribution >= 4 is 34.5 Å². The first-order chi connectivity index (χ1) is 19.4. The number of unbranched alkanes of at least 4 members (excludes halogenated alkanes) is 2. The molecule has 0 saturated carbocycles. The molecule has 1 unspecified atom stereocenters. The van der Waals surface area contributed by atoms with Gasteiger partial charge >= 0.3 is 0 Å². The van der Waals surface area contributed by atoms with Crippen LogP contribution < -0.4 is 16.5 Å². The summed E-state index contributed by atoms with van der Waals surface area (Å²) in [6.45, 7) is 4.66. The van der Waals surface area contributed by atoms with Gasteiger partial charge in [-0.3, -0.25) is 14.8 Å². The Balaban J connectivity index is 1.29. The Morgan fingerprint density at radius 1 is 1.10 bits per heavy atom. The van der Waals surface area contributed by atoms with Crippen molar-refractivity contribution in [2.45, 2.75) is 45.1 Å². The number of fused-ring (bicyclic) bond motifs is 1. The lowest BCUT2D eigenvalue weighted by molar-refractivity contribution is -0.129. The van der Waals surface area contributed by atoms with Crippen LogP contribution in [0.25, 0.3) is 22.3 Å². The second-order valence-electron chi connectivity index (χ2n) is 10.1. The monoisotopic (exact) mass is 543 g/mol. The number of carbonyl (C=O) groups excluding carboxylic acids is 2. The maximum absolute atomic E-state index is 12.8. The number of aryl methyl sites for hydroxylation is 1. The van der Waals surface area contributed by atoms with Gasteiger partial charge < -0.3 is 16.0 Å². The third-order valence-corrected chi connectivity index (χ3v) is 7.19. The molecule has 0 spiro atoms. The van der Waals surface area contributed by atoms with E-state index in [1.165, 1.54) is 6.33 Å². The molecule has 40 heavy (non-hydrogen) atoms. The van der Waals surface area contributed by atoms with E-state index in [9.17, 15) is 9.59 Å². The third kappa shape index (κ3) is 6.08. The maximum Gasteiger partial charge on any atom is 0.256 e. The van der Waals surface area contributed by atoms with Gasteiger partial charge in [0.2, 0.25) is 5.91 Å². The van der Waals surface area contributed by atoms with Crippen molar-refractivity contribution in [2.75, 3.05) is 30.7 Å². The number of aromatic nitrogens is 5. The zero-order chi connectivity index (χ0) is 28.1. The zero-order valence-corrected chi connectivity index (χ0v) is 22.4. The average molecular weight is 544 g/mol. The Bertz CT molecular complexity index is 1500. The van der Waals surface area contributed by atoms with Gasteiger partial charge in [0.05, 0.1) is 11.4 Å². The Morgan fingerprint density at radius 2 is 1.93 bits per heavy atom. The summed E-state index contributed by atoms with van der Waals surface area (Å²) >= 11 is 0. The summed E-state index contributed by atoms with van der Waals surface area (Å²) in [7, 11) is 0. The first-order valence-electron chi connectivity index (χ1n) is 13.4. The highest BCUT2D eigenvalue weighted by Crippen LogP contribution is 2.34. The third-order valence-electron chi connectivity index (χ3n) is 7.19. The van der Waals surface area contributed by atoms with Crippen molar-refractivity contribution in [3.63, 3.8) is 0 Å². The Morgan fingerprint density at radius 3 is 2.70 bits per heavy atom. The first-order valence-corrected chi connectivity index (χ1v) is 13.4. The molecule has 4 heterocycles. The number of nitrogens with two attached hydrogens (primary N) is 1. The minimum absolute atomic E-state index is 0.137. The Hall–Kier alpha value is -4.42. The lowest BCUT2D eigenvalue weighted by Gasteiger charge is -2.16. The summed E-state index contributed by atoms with van der Waals surface area (Å²) in [4.78, 5) is 39.3. The van der Waals surface area contributed by atoms with Crippen LogP contribution in [0.2, 0.25) is 0 Å². The number of rotatable bonds is 10. The van der Waals surface area contributed by atoms with E-state index in [0.717, 1.165) is 56.4 Å². The number of amides is 2. The average Bonchev–Trinajstić information content (AvgIpc) is 3.58. The van der Waals surface area contributed by atoms with Crippen molar-refractivity contribution < 1.29 is 14.8 Å². The number of benzene rings is 1. The van der Waals surface area contributed by atoms with Crippen LogP contribution >= 0.6 is 0 Å². The van der Waals surface area contributed by atoms with Gasteiger partial charge in [0, 0.05) is 36.8 Å². The van der Waals surface area contributed by atoms with Crippen molar-refractivity contribution in [1.29, 1.82) is 0 Å².